The van der Waals surface area contributed by atoms with Crippen LogP contribution >= 0.6 is 0 Å². The number of hydrogen-bond donors (Lipinski definition) is 6. The largest absolute Gasteiger partial charge is 0.507 e. The summed E-state index contributed by atoms with van der Waals surface area (Å²) in [6, 6.07) is 5.84. The van der Waals surface area contributed by atoms with Crippen molar-refractivity contribution in [1.29, 1.82) is 0 Å². The van der Waals surface area contributed by atoms with Gasteiger partial charge in [0.1, 0.15) is 40.4 Å². The zero-order valence-corrected chi connectivity index (χ0v) is 20.4. The lowest BCUT2D eigenvalue weighted by Gasteiger charge is -2.39. The third-order valence-electron chi connectivity index (χ3n) is 5.55. The Morgan fingerprint density at radius 1 is 0.921 bits per heavy atom. The van der Waals surface area contributed by atoms with Gasteiger partial charge in [0.25, 0.3) is 0 Å². The van der Waals surface area contributed by atoms with Gasteiger partial charge in [-0.05, 0) is 12.1 Å². The van der Waals surface area contributed by atoms with Gasteiger partial charge in [-0.3, -0.25) is 9.35 Å². The van der Waals surface area contributed by atoms with E-state index in [1.54, 1.807) is 0 Å². The molecule has 1 fully saturated rings. The van der Waals surface area contributed by atoms with E-state index in [1.165, 1.54) is 26.4 Å². The van der Waals surface area contributed by atoms with Crippen molar-refractivity contribution in [2.75, 3.05) is 14.2 Å². The van der Waals surface area contributed by atoms with Crippen LogP contribution in [-0.4, -0.2) is 83.6 Å². The van der Waals surface area contributed by atoms with Crippen molar-refractivity contribution in [3.8, 4) is 40.1 Å². The van der Waals surface area contributed by atoms with Gasteiger partial charge in [-0.25, -0.2) is 4.18 Å². The minimum absolute atomic E-state index is 0.0145. The van der Waals surface area contributed by atoms with Crippen LogP contribution in [-0.2, 0) is 19.3 Å². The fraction of sp³-hybridized carbons (Fsp3) is 0.318. The van der Waals surface area contributed by atoms with Crippen LogP contribution < -0.4 is 19.6 Å². The van der Waals surface area contributed by atoms with Gasteiger partial charge in [-0.1, -0.05) is 0 Å². The van der Waals surface area contributed by atoms with Gasteiger partial charge in [-0.2, -0.15) is 8.42 Å². The van der Waals surface area contributed by atoms with E-state index < -0.39 is 52.5 Å². The Bertz CT molecular complexity index is 1490. The number of aliphatic hydroxyl groups is 3. The third kappa shape index (κ3) is 5.32. The number of rotatable bonds is 7. The highest BCUT2D eigenvalue weighted by molar-refractivity contribution is 7.80. The van der Waals surface area contributed by atoms with Gasteiger partial charge in [-0.15, -0.1) is 0 Å². The molecule has 15 nitrogen and oxygen atoms in total. The second-order valence-corrected chi connectivity index (χ2v) is 9.05. The maximum atomic E-state index is 12.8. The first-order chi connectivity index (χ1) is 17.8. The van der Waals surface area contributed by atoms with Crippen LogP contribution in [0.3, 0.4) is 0 Å². The highest BCUT2D eigenvalue weighted by atomic mass is 32.3. The molecule has 0 spiro atoms. The van der Waals surface area contributed by atoms with E-state index in [0.29, 0.717) is 0 Å². The summed E-state index contributed by atoms with van der Waals surface area (Å²) in [6.45, 7) is 0. The fourth-order valence-corrected chi connectivity index (χ4v) is 4.27. The molecule has 0 amide bonds. The minimum atomic E-state index is -5.18. The van der Waals surface area contributed by atoms with Gasteiger partial charge >= 0.3 is 10.4 Å². The van der Waals surface area contributed by atoms with Gasteiger partial charge in [0.15, 0.2) is 29.3 Å². The van der Waals surface area contributed by atoms with Gasteiger partial charge in [0.05, 0.1) is 14.2 Å². The summed E-state index contributed by atoms with van der Waals surface area (Å²) in [5, 5.41) is 50.1. The third-order valence-corrected chi connectivity index (χ3v) is 6.02. The molecule has 1 aromatic heterocycles. The average molecular weight is 558 g/mol. The van der Waals surface area contributed by atoms with Crippen LogP contribution in [0.5, 0.6) is 28.7 Å². The Morgan fingerprint density at radius 2 is 1.55 bits per heavy atom. The topological polar surface area (TPSA) is 232 Å². The number of methoxy groups -OCH3 is 2. The van der Waals surface area contributed by atoms with Crippen LogP contribution in [0.4, 0.5) is 0 Å². The van der Waals surface area contributed by atoms with Crippen LogP contribution in [0, 0.1) is 0 Å². The lowest BCUT2D eigenvalue weighted by molar-refractivity contribution is -0.316. The molecule has 0 saturated carbocycles. The van der Waals surface area contributed by atoms with Crippen molar-refractivity contribution < 1.29 is 66.1 Å². The van der Waals surface area contributed by atoms with Crippen molar-refractivity contribution >= 4 is 21.4 Å². The molecule has 3 aromatic rings. The van der Waals surface area contributed by atoms with E-state index in [4.69, 9.17) is 27.9 Å². The highest BCUT2D eigenvalue weighted by Crippen LogP contribution is 2.41. The molecule has 16 heteroatoms. The summed E-state index contributed by atoms with van der Waals surface area (Å²) in [5.41, 5.74) is -0.650. The molecule has 6 N–H and O–H groups in total. The van der Waals surface area contributed by atoms with Crippen molar-refractivity contribution in [3.63, 3.8) is 0 Å². The summed E-state index contributed by atoms with van der Waals surface area (Å²) < 4.78 is 62.2. The summed E-state index contributed by atoms with van der Waals surface area (Å²) in [5.74, 6) is -1.24. The molecular formula is C22H22O15S. The predicted molar refractivity (Wildman–Crippen MR) is 124 cm³/mol. The van der Waals surface area contributed by atoms with Crippen LogP contribution in [0.25, 0.3) is 22.3 Å². The first-order valence-electron chi connectivity index (χ1n) is 10.6. The number of phenolic OH excluding ortho intramolecular Hbond substituents is 2. The molecular weight excluding hydrogens is 536 g/mol. The van der Waals surface area contributed by atoms with Gasteiger partial charge in [0, 0.05) is 23.8 Å². The minimum Gasteiger partial charge on any atom is -0.507 e. The molecule has 1 saturated heterocycles. The lowest BCUT2D eigenvalue weighted by atomic mass is 10.0. The van der Waals surface area contributed by atoms with Crippen LogP contribution in [0.1, 0.15) is 0 Å². The molecule has 0 radical (unpaired) electrons. The Morgan fingerprint density at radius 3 is 2.13 bits per heavy atom. The van der Waals surface area contributed by atoms with Gasteiger partial charge in [0.2, 0.25) is 12.0 Å². The second-order valence-electron chi connectivity index (χ2n) is 8.00. The standard InChI is InChI=1S/C22H22O15S/c1-32-14-3-8(4-15(33-2)17(14)25)12-7-11(24)16-10(23)5-9(6-13(16)35-12)34-22-20(37-38(29,30)31)18(26)19(27)21(28)36-22/h3-7,18-23,25-28H,1-2H3,(H,29,30,31)/t18-,19-,20-,21+,22+/m0/s1. The highest BCUT2D eigenvalue weighted by Gasteiger charge is 2.48. The Labute approximate surface area is 213 Å². The molecule has 1 aliphatic heterocycles. The molecule has 0 aliphatic carbocycles. The summed E-state index contributed by atoms with van der Waals surface area (Å²) in [4.78, 5) is 12.8. The average Bonchev–Trinajstić information content (AvgIpc) is 2.84. The van der Waals surface area contributed by atoms with Crippen molar-refractivity contribution in [3.05, 3.63) is 40.6 Å². The van der Waals surface area contributed by atoms with Crippen molar-refractivity contribution in [2.24, 2.45) is 0 Å². The predicted octanol–water partition coefficient (Wildman–Crippen LogP) is -0.148. The van der Waals surface area contributed by atoms with E-state index in [0.717, 1.165) is 18.2 Å². The van der Waals surface area contributed by atoms with E-state index in [9.17, 15) is 38.7 Å². The van der Waals surface area contributed by atoms with Crippen LogP contribution in [0.2, 0.25) is 0 Å². The maximum absolute atomic E-state index is 12.8. The second kappa shape index (κ2) is 10.3. The van der Waals surface area contributed by atoms with E-state index in [-0.39, 0.29) is 45.3 Å². The maximum Gasteiger partial charge on any atom is 0.397 e. The van der Waals surface area contributed by atoms with E-state index >= 15 is 0 Å². The smallest absolute Gasteiger partial charge is 0.397 e. The Kier molecular flexibility index (Phi) is 7.39. The SMILES string of the molecule is COc1cc(-c2cc(=O)c3c(O)cc(O[C@@H]4O[C@@H](O)[C@@H](O)[C@H](O)[C@@H]4OS(=O)(=O)O)cc3o2)cc(OC)c1O. The number of aliphatic hydroxyl groups excluding tert-OH is 3. The van der Waals surface area contributed by atoms with E-state index in [1.807, 2.05) is 0 Å². The first kappa shape index (κ1) is 27.4. The quantitative estimate of drug-likeness (QED) is 0.207. The molecule has 38 heavy (non-hydrogen) atoms. The molecule has 4 rings (SSSR count). The van der Waals surface area contributed by atoms with Crippen LogP contribution in [0.15, 0.2) is 39.5 Å². The summed E-state index contributed by atoms with van der Waals surface area (Å²) in [6.07, 6.45) is -10.2. The molecule has 0 unspecified atom stereocenters. The zero-order valence-electron chi connectivity index (χ0n) is 19.5. The normalized spacial score (nSPS) is 23.8. The number of aromatic hydroxyl groups is 2. The summed E-state index contributed by atoms with van der Waals surface area (Å²) >= 11 is 0. The number of benzene rings is 2. The Balaban J connectivity index is 1.77. The summed E-state index contributed by atoms with van der Waals surface area (Å²) in [7, 11) is -2.58. The molecule has 1 aliphatic rings. The number of ether oxygens (including phenoxy) is 4. The fourth-order valence-electron chi connectivity index (χ4n) is 3.78. The monoisotopic (exact) mass is 558 g/mol. The number of hydrogen-bond acceptors (Lipinski definition) is 14. The number of phenols is 2. The molecule has 206 valence electrons. The van der Waals surface area contributed by atoms with Crippen molar-refractivity contribution in [2.45, 2.75) is 30.9 Å². The van der Waals surface area contributed by atoms with Crippen molar-refractivity contribution in [1.82, 2.24) is 0 Å². The van der Waals surface area contributed by atoms with Gasteiger partial charge < -0.3 is 48.9 Å². The zero-order chi connectivity index (χ0) is 27.9. The first-order valence-corrected chi connectivity index (χ1v) is 12.0. The number of fused-ring (bicyclic) bond motifs is 1. The van der Waals surface area contributed by atoms with E-state index in [2.05, 4.69) is 4.18 Å². The molecule has 2 aromatic carbocycles. The Hall–Kier alpha value is -3.64. The molecule has 2 heterocycles. The molecule has 5 atom stereocenters. The molecule has 0 bridgehead atoms. The lowest BCUT2D eigenvalue weighted by Crippen LogP contribution is -2.60.